The van der Waals surface area contributed by atoms with Gasteiger partial charge in [0.05, 0.1) is 5.92 Å². The fraction of sp³-hybridized carbons (Fsp3) is 0.708. The third-order valence-electron chi connectivity index (χ3n) is 7.79. The van der Waals surface area contributed by atoms with Crippen LogP contribution < -0.4 is 4.74 Å². The van der Waals surface area contributed by atoms with Gasteiger partial charge in [-0.2, -0.15) is 0 Å². The summed E-state index contributed by atoms with van der Waals surface area (Å²) in [5.74, 6) is 3.48. The van der Waals surface area contributed by atoms with Gasteiger partial charge in [0.1, 0.15) is 0 Å². The average molecular weight is 407 g/mol. The van der Waals surface area contributed by atoms with Crippen molar-refractivity contribution in [3.8, 4) is 5.75 Å². The van der Waals surface area contributed by atoms with Gasteiger partial charge < -0.3 is 4.74 Å². The normalized spacial score (nSPS) is 35.8. The summed E-state index contributed by atoms with van der Waals surface area (Å²) in [5, 5.41) is 0.306. The van der Waals surface area contributed by atoms with Crippen LogP contribution in [-0.2, 0) is 4.79 Å². The molecule has 4 heteroatoms. The number of carbonyl (C=O) groups excluding carboxylic acids is 1. The van der Waals surface area contributed by atoms with Crippen molar-refractivity contribution >= 4 is 17.6 Å². The summed E-state index contributed by atoms with van der Waals surface area (Å²) in [6.45, 7) is 2.42. The Balaban J connectivity index is 1.27. The number of carbonyl (C=O) groups is 1. The van der Waals surface area contributed by atoms with Crippen molar-refractivity contribution in [3.63, 3.8) is 0 Å². The van der Waals surface area contributed by atoms with E-state index in [1.165, 1.54) is 50.7 Å². The van der Waals surface area contributed by atoms with Crippen molar-refractivity contribution in [1.29, 1.82) is 0 Å². The van der Waals surface area contributed by atoms with Gasteiger partial charge in [-0.25, -0.2) is 4.39 Å². The molecule has 4 atom stereocenters. The molecule has 0 spiro atoms. The second kappa shape index (κ2) is 8.73. The summed E-state index contributed by atoms with van der Waals surface area (Å²) >= 11 is 5.76. The van der Waals surface area contributed by atoms with Gasteiger partial charge in [0, 0.05) is 5.02 Å². The first kappa shape index (κ1) is 20.2. The lowest BCUT2D eigenvalue weighted by atomic mass is 9.61. The Kier molecular flexibility index (Phi) is 6.30. The van der Waals surface area contributed by atoms with Crippen molar-refractivity contribution < 1.29 is 13.9 Å². The van der Waals surface area contributed by atoms with Gasteiger partial charge >= 0.3 is 5.97 Å². The zero-order valence-electron chi connectivity index (χ0n) is 16.8. The number of hydrogen-bond acceptors (Lipinski definition) is 2. The largest absolute Gasteiger partial charge is 0.423 e. The van der Waals surface area contributed by atoms with Crippen molar-refractivity contribution in [1.82, 2.24) is 0 Å². The van der Waals surface area contributed by atoms with Crippen LogP contribution in [0.1, 0.15) is 71.1 Å². The molecular formula is C24H32ClFO2. The number of ether oxygens (including phenoxy) is 1. The van der Waals surface area contributed by atoms with E-state index in [0.29, 0.717) is 5.02 Å². The van der Waals surface area contributed by atoms with E-state index in [1.807, 2.05) is 0 Å². The van der Waals surface area contributed by atoms with Gasteiger partial charge in [0.15, 0.2) is 11.6 Å². The second-order valence-corrected chi connectivity index (χ2v) is 10.1. The molecule has 0 heterocycles. The monoisotopic (exact) mass is 406 g/mol. The molecule has 154 valence electrons. The van der Waals surface area contributed by atoms with Gasteiger partial charge in [-0.05, 0) is 106 Å². The Bertz CT molecular complexity index is 698. The topological polar surface area (TPSA) is 26.3 Å². The van der Waals surface area contributed by atoms with E-state index in [0.717, 1.165) is 55.3 Å². The molecule has 2 nitrogen and oxygen atoms in total. The van der Waals surface area contributed by atoms with Gasteiger partial charge in [-0.3, -0.25) is 4.79 Å². The van der Waals surface area contributed by atoms with Gasteiger partial charge in [-0.1, -0.05) is 24.9 Å². The lowest BCUT2D eigenvalue weighted by molar-refractivity contribution is -0.140. The van der Waals surface area contributed by atoms with Crippen molar-refractivity contribution in [2.75, 3.05) is 0 Å². The van der Waals surface area contributed by atoms with Crippen LogP contribution in [-0.4, -0.2) is 5.97 Å². The minimum absolute atomic E-state index is 0.0126. The molecule has 3 aliphatic carbocycles. The van der Waals surface area contributed by atoms with Gasteiger partial charge in [-0.15, -0.1) is 0 Å². The number of fused-ring (bicyclic) bond motifs is 1. The Morgan fingerprint density at radius 1 is 0.929 bits per heavy atom. The third kappa shape index (κ3) is 4.56. The molecule has 1 aromatic carbocycles. The van der Waals surface area contributed by atoms with Gasteiger partial charge in [0.25, 0.3) is 0 Å². The molecule has 0 bridgehead atoms. The molecule has 0 N–H and O–H groups in total. The van der Waals surface area contributed by atoms with E-state index in [-0.39, 0.29) is 17.6 Å². The van der Waals surface area contributed by atoms with Crippen LogP contribution in [0.5, 0.6) is 5.75 Å². The smallest absolute Gasteiger partial charge is 0.314 e. The van der Waals surface area contributed by atoms with E-state index >= 15 is 0 Å². The highest BCUT2D eigenvalue weighted by molar-refractivity contribution is 6.30. The van der Waals surface area contributed by atoms with E-state index in [1.54, 1.807) is 6.07 Å². The molecule has 3 fully saturated rings. The summed E-state index contributed by atoms with van der Waals surface area (Å²) in [6.07, 6.45) is 12.5. The van der Waals surface area contributed by atoms with Crippen LogP contribution in [0.25, 0.3) is 0 Å². The molecular weight excluding hydrogens is 375 g/mol. The van der Waals surface area contributed by atoms with Crippen LogP contribution in [0, 0.1) is 41.3 Å². The van der Waals surface area contributed by atoms with Crippen molar-refractivity contribution in [2.24, 2.45) is 35.5 Å². The maximum Gasteiger partial charge on any atom is 0.314 e. The molecule has 3 aliphatic rings. The van der Waals surface area contributed by atoms with E-state index in [9.17, 15) is 9.18 Å². The molecule has 0 aromatic heterocycles. The molecule has 0 aliphatic heterocycles. The quantitative estimate of drug-likeness (QED) is 0.397. The third-order valence-corrected chi connectivity index (χ3v) is 8.03. The summed E-state index contributed by atoms with van der Waals surface area (Å²) in [4.78, 5) is 12.5. The predicted molar refractivity (Wildman–Crippen MR) is 110 cm³/mol. The minimum Gasteiger partial charge on any atom is -0.423 e. The van der Waals surface area contributed by atoms with Gasteiger partial charge in [0.2, 0.25) is 0 Å². The summed E-state index contributed by atoms with van der Waals surface area (Å²) in [5.41, 5.74) is 0. The van der Waals surface area contributed by atoms with E-state index < -0.39 is 5.82 Å². The molecule has 3 saturated carbocycles. The van der Waals surface area contributed by atoms with Crippen LogP contribution in [0.3, 0.4) is 0 Å². The molecule has 0 radical (unpaired) electrons. The first-order chi connectivity index (χ1) is 13.5. The summed E-state index contributed by atoms with van der Waals surface area (Å²) < 4.78 is 19.2. The molecule has 0 amide bonds. The highest BCUT2D eigenvalue weighted by Gasteiger charge is 2.39. The Morgan fingerprint density at radius 2 is 1.54 bits per heavy atom. The first-order valence-corrected chi connectivity index (χ1v) is 11.5. The lowest BCUT2D eigenvalue weighted by Crippen LogP contribution is -2.35. The Hall–Kier alpha value is -1.09. The Labute approximate surface area is 173 Å². The zero-order valence-corrected chi connectivity index (χ0v) is 17.6. The Morgan fingerprint density at radius 3 is 2.25 bits per heavy atom. The van der Waals surface area contributed by atoms with Crippen LogP contribution in [0.15, 0.2) is 18.2 Å². The minimum atomic E-state index is -0.576. The highest BCUT2D eigenvalue weighted by Crippen LogP contribution is 2.49. The molecule has 4 rings (SSSR count). The molecule has 1 aromatic rings. The van der Waals surface area contributed by atoms with Crippen molar-refractivity contribution in [3.05, 3.63) is 29.0 Å². The SMILES string of the molecule is CC1CCC2CC(C3CCC(C(=O)Oc4ccc(Cl)cc4F)CC3)CCC2C1. The van der Waals surface area contributed by atoms with E-state index in [4.69, 9.17) is 16.3 Å². The number of benzene rings is 1. The van der Waals surface area contributed by atoms with E-state index in [2.05, 4.69) is 6.92 Å². The molecule has 0 saturated heterocycles. The summed E-state index contributed by atoms with van der Waals surface area (Å²) in [6, 6.07) is 4.17. The average Bonchev–Trinajstić information content (AvgIpc) is 2.70. The molecule has 28 heavy (non-hydrogen) atoms. The first-order valence-electron chi connectivity index (χ1n) is 11.2. The fourth-order valence-electron chi connectivity index (χ4n) is 6.16. The highest BCUT2D eigenvalue weighted by atomic mass is 35.5. The summed E-state index contributed by atoms with van der Waals surface area (Å²) in [7, 11) is 0. The maximum absolute atomic E-state index is 13.9. The van der Waals surface area contributed by atoms with Crippen LogP contribution >= 0.6 is 11.6 Å². The van der Waals surface area contributed by atoms with Crippen LogP contribution in [0.2, 0.25) is 5.02 Å². The number of esters is 1. The predicted octanol–water partition coefficient (Wildman–Crippen LogP) is 7.04. The maximum atomic E-state index is 13.9. The zero-order chi connectivity index (χ0) is 19.7. The van der Waals surface area contributed by atoms with Crippen molar-refractivity contribution in [2.45, 2.75) is 71.1 Å². The standard InChI is InChI=1S/C24H32ClFO2/c1-15-2-3-20-13-19(9-8-18(20)12-15)16-4-6-17(7-5-16)24(27)28-23-11-10-21(25)14-22(23)26/h10-11,14-20H,2-9,12-13H2,1H3. The lowest BCUT2D eigenvalue weighted by Gasteiger charge is -2.44. The second-order valence-electron chi connectivity index (χ2n) is 9.62. The molecule has 4 unspecified atom stereocenters. The van der Waals surface area contributed by atoms with Crippen LogP contribution in [0.4, 0.5) is 4.39 Å². The number of halogens is 2. The number of hydrogen-bond donors (Lipinski definition) is 0. The fourth-order valence-corrected chi connectivity index (χ4v) is 6.32. The number of rotatable bonds is 3.